The largest absolute Gasteiger partial charge is 0.245 e. The van der Waals surface area contributed by atoms with Crippen molar-refractivity contribution in [2.24, 2.45) is 0 Å². The third-order valence-electron chi connectivity index (χ3n) is 4.29. The maximum Gasteiger partial charge on any atom is 0.209 e. The van der Waals surface area contributed by atoms with E-state index in [-0.39, 0.29) is 18.4 Å². The van der Waals surface area contributed by atoms with Gasteiger partial charge in [-0.2, -0.15) is 5.10 Å². The molecule has 1 fully saturated rings. The van der Waals surface area contributed by atoms with Crippen LogP contribution in [0.1, 0.15) is 44.0 Å². The fourth-order valence-corrected chi connectivity index (χ4v) is 3.44. The maximum atomic E-state index is 13.5. The van der Waals surface area contributed by atoms with E-state index in [0.717, 1.165) is 50.5 Å². The van der Waals surface area contributed by atoms with Crippen molar-refractivity contribution in [3.63, 3.8) is 0 Å². The van der Waals surface area contributed by atoms with Crippen molar-refractivity contribution >= 4 is 10.0 Å². The van der Waals surface area contributed by atoms with Gasteiger partial charge in [-0.3, -0.25) is 0 Å². The molecule has 0 amide bonds. The zero-order valence-corrected chi connectivity index (χ0v) is 14.7. The Morgan fingerprint density at radius 2 is 1.92 bits per heavy atom. The number of nitrogens with zero attached hydrogens (tertiary/aromatic N) is 3. The fourth-order valence-electron chi connectivity index (χ4n) is 3.05. The molecule has 0 aliphatic heterocycles. The first-order valence-electron chi connectivity index (χ1n) is 8.19. The highest BCUT2D eigenvalue weighted by Crippen LogP contribution is 2.30. The number of aromatic nitrogens is 3. The van der Waals surface area contributed by atoms with Gasteiger partial charge in [-0.1, -0.05) is 19.3 Å². The van der Waals surface area contributed by atoms with Gasteiger partial charge in [-0.05, 0) is 31.0 Å². The van der Waals surface area contributed by atoms with E-state index in [4.69, 9.17) is 0 Å². The molecule has 3 rings (SSSR count). The van der Waals surface area contributed by atoms with Crippen LogP contribution in [0.4, 0.5) is 8.78 Å². The molecule has 2 aromatic rings. The molecule has 0 bridgehead atoms. The first-order chi connectivity index (χ1) is 11.8. The van der Waals surface area contributed by atoms with Crippen molar-refractivity contribution in [3.05, 3.63) is 35.7 Å². The zero-order chi connectivity index (χ0) is 18.0. The Morgan fingerprint density at radius 3 is 2.56 bits per heavy atom. The number of nitrogens with one attached hydrogen (secondary N) is 1. The van der Waals surface area contributed by atoms with Crippen LogP contribution in [-0.2, 0) is 16.6 Å². The molecule has 1 aliphatic rings. The molecule has 0 spiro atoms. The van der Waals surface area contributed by atoms with E-state index in [2.05, 4.69) is 14.8 Å². The van der Waals surface area contributed by atoms with Crippen LogP contribution >= 0.6 is 0 Å². The van der Waals surface area contributed by atoms with Crippen molar-refractivity contribution in [2.75, 3.05) is 6.26 Å². The van der Waals surface area contributed by atoms with Gasteiger partial charge in [0.25, 0.3) is 0 Å². The second kappa shape index (κ2) is 7.17. The van der Waals surface area contributed by atoms with Crippen LogP contribution in [0.25, 0.3) is 11.4 Å². The van der Waals surface area contributed by atoms with E-state index in [1.165, 1.54) is 6.07 Å². The van der Waals surface area contributed by atoms with E-state index >= 15 is 0 Å². The number of hydrogen-bond acceptors (Lipinski definition) is 4. The Hall–Kier alpha value is -1.87. The second-order valence-corrected chi connectivity index (χ2v) is 8.14. The summed E-state index contributed by atoms with van der Waals surface area (Å²) in [6, 6.07) is 3.62. The van der Waals surface area contributed by atoms with Crippen molar-refractivity contribution < 1.29 is 17.2 Å². The van der Waals surface area contributed by atoms with Crippen LogP contribution in [0.15, 0.2) is 18.2 Å². The fraction of sp³-hybridized carbons (Fsp3) is 0.500. The van der Waals surface area contributed by atoms with E-state index in [1.54, 1.807) is 4.68 Å². The third kappa shape index (κ3) is 4.40. The summed E-state index contributed by atoms with van der Waals surface area (Å²) in [5, 5.41) is 4.46. The SMILES string of the molecule is CS(=O)(=O)NCc1nc(-c2ccc(F)c(F)c2)nn1C1CCCCC1. The van der Waals surface area contributed by atoms with E-state index in [0.29, 0.717) is 11.4 Å². The highest BCUT2D eigenvalue weighted by atomic mass is 32.2. The van der Waals surface area contributed by atoms with E-state index in [1.807, 2.05) is 0 Å². The monoisotopic (exact) mass is 370 g/mol. The highest BCUT2D eigenvalue weighted by Gasteiger charge is 2.22. The van der Waals surface area contributed by atoms with Gasteiger partial charge >= 0.3 is 0 Å². The quantitative estimate of drug-likeness (QED) is 0.878. The smallest absolute Gasteiger partial charge is 0.209 e. The number of halogens is 2. The maximum absolute atomic E-state index is 13.5. The van der Waals surface area contributed by atoms with Crippen LogP contribution in [0.3, 0.4) is 0 Å². The molecule has 6 nitrogen and oxygen atoms in total. The van der Waals surface area contributed by atoms with Crippen LogP contribution in [0.2, 0.25) is 0 Å². The molecule has 1 aromatic heterocycles. The molecule has 1 heterocycles. The second-order valence-electron chi connectivity index (χ2n) is 6.31. The van der Waals surface area contributed by atoms with Crippen molar-refractivity contribution in [1.82, 2.24) is 19.5 Å². The molecular weight excluding hydrogens is 350 g/mol. The topological polar surface area (TPSA) is 76.9 Å². The van der Waals surface area contributed by atoms with Crippen LogP contribution in [-0.4, -0.2) is 29.4 Å². The normalized spacial score (nSPS) is 16.3. The molecule has 1 aliphatic carbocycles. The Morgan fingerprint density at radius 1 is 1.20 bits per heavy atom. The van der Waals surface area contributed by atoms with Crippen molar-refractivity contribution in [2.45, 2.75) is 44.7 Å². The minimum Gasteiger partial charge on any atom is -0.245 e. The molecule has 136 valence electrons. The summed E-state index contributed by atoms with van der Waals surface area (Å²) in [5.74, 6) is -1.18. The Bertz CT molecular complexity index is 861. The van der Waals surface area contributed by atoms with Crippen LogP contribution in [0.5, 0.6) is 0 Å². The summed E-state index contributed by atoms with van der Waals surface area (Å²) >= 11 is 0. The highest BCUT2D eigenvalue weighted by molar-refractivity contribution is 7.88. The van der Waals surface area contributed by atoms with Gasteiger partial charge in [0.1, 0.15) is 5.82 Å². The predicted octanol–water partition coefficient (Wildman–Crippen LogP) is 2.78. The number of benzene rings is 1. The first kappa shape index (κ1) is 17.9. The molecule has 1 saturated carbocycles. The summed E-state index contributed by atoms with van der Waals surface area (Å²) in [6.07, 6.45) is 6.26. The standard InChI is InChI=1S/C16H20F2N4O2S/c1-25(23,24)19-10-15-20-16(11-7-8-13(17)14(18)9-11)21-22(15)12-5-3-2-4-6-12/h7-9,12,19H,2-6,10H2,1H3. The average Bonchev–Trinajstić information content (AvgIpc) is 3.00. The number of hydrogen-bond donors (Lipinski definition) is 1. The summed E-state index contributed by atoms with van der Waals surface area (Å²) in [7, 11) is -3.38. The van der Waals surface area contributed by atoms with Crippen molar-refractivity contribution in [1.29, 1.82) is 0 Å². The lowest BCUT2D eigenvalue weighted by Crippen LogP contribution is -2.25. The summed E-state index contributed by atoms with van der Waals surface area (Å²) in [5.41, 5.74) is 0.356. The molecule has 9 heteroatoms. The summed E-state index contributed by atoms with van der Waals surface area (Å²) < 4.78 is 53.6. The molecule has 0 unspecified atom stereocenters. The minimum absolute atomic E-state index is 0.00596. The van der Waals surface area contributed by atoms with Gasteiger partial charge in [0.15, 0.2) is 17.5 Å². The predicted molar refractivity (Wildman–Crippen MR) is 89.2 cm³/mol. The van der Waals surface area contributed by atoms with Crippen LogP contribution in [0, 0.1) is 11.6 Å². The van der Waals surface area contributed by atoms with Crippen LogP contribution < -0.4 is 4.72 Å². The molecule has 1 N–H and O–H groups in total. The van der Waals surface area contributed by atoms with Gasteiger partial charge < -0.3 is 0 Å². The summed E-state index contributed by atoms with van der Waals surface area (Å²) in [6.45, 7) is 0.00596. The molecular formula is C16H20F2N4O2S. The molecule has 0 atom stereocenters. The lowest BCUT2D eigenvalue weighted by Gasteiger charge is -2.23. The van der Waals surface area contributed by atoms with Gasteiger partial charge in [0, 0.05) is 5.56 Å². The average molecular weight is 370 g/mol. The van der Waals surface area contributed by atoms with E-state index < -0.39 is 21.7 Å². The Labute approximate surface area is 145 Å². The van der Waals surface area contributed by atoms with E-state index in [9.17, 15) is 17.2 Å². The zero-order valence-electron chi connectivity index (χ0n) is 13.9. The minimum atomic E-state index is -3.38. The lowest BCUT2D eigenvalue weighted by atomic mass is 9.96. The molecule has 1 aromatic carbocycles. The lowest BCUT2D eigenvalue weighted by molar-refractivity contribution is 0.320. The Balaban J connectivity index is 1.96. The number of rotatable bonds is 5. The Kier molecular flexibility index (Phi) is 5.14. The van der Waals surface area contributed by atoms with Crippen molar-refractivity contribution in [3.8, 4) is 11.4 Å². The molecule has 0 radical (unpaired) electrons. The first-order valence-corrected chi connectivity index (χ1v) is 10.1. The van der Waals surface area contributed by atoms with Gasteiger partial charge in [0.05, 0.1) is 18.8 Å². The third-order valence-corrected chi connectivity index (χ3v) is 4.96. The summed E-state index contributed by atoms with van der Waals surface area (Å²) in [4.78, 5) is 4.37. The van der Waals surface area contributed by atoms with Gasteiger partial charge in [0.2, 0.25) is 10.0 Å². The molecule has 25 heavy (non-hydrogen) atoms. The number of sulfonamides is 1. The molecule has 0 saturated heterocycles. The van der Waals surface area contributed by atoms with Gasteiger partial charge in [-0.25, -0.2) is 31.6 Å². The van der Waals surface area contributed by atoms with Gasteiger partial charge in [-0.15, -0.1) is 0 Å².